The first-order valence-corrected chi connectivity index (χ1v) is 6.19. The number of hydrogen-bond acceptors (Lipinski definition) is 1. The molecule has 0 aliphatic heterocycles. The Morgan fingerprint density at radius 3 is 2.94 bits per heavy atom. The number of halogens is 3. The van der Waals surface area contributed by atoms with Crippen molar-refractivity contribution >= 4 is 33.4 Å². The van der Waals surface area contributed by atoms with Crippen molar-refractivity contribution in [3.05, 3.63) is 34.1 Å². The molecule has 0 heterocycles. The van der Waals surface area contributed by atoms with E-state index in [1.165, 1.54) is 18.2 Å². The molecule has 1 rings (SSSR count). The van der Waals surface area contributed by atoms with Gasteiger partial charge < -0.3 is 5.32 Å². The lowest BCUT2D eigenvalue weighted by molar-refractivity contribution is 0.0938. The molecule has 0 aromatic heterocycles. The summed E-state index contributed by atoms with van der Waals surface area (Å²) in [5.41, 5.74) is 0.293. The number of hydrogen-bond donors (Lipinski definition) is 1. The Labute approximate surface area is 107 Å². The number of carbonyl (C=O) groups is 1. The van der Waals surface area contributed by atoms with Crippen molar-refractivity contribution in [1.29, 1.82) is 0 Å². The van der Waals surface area contributed by atoms with Gasteiger partial charge in [-0.3, -0.25) is 4.79 Å². The highest BCUT2D eigenvalue weighted by Crippen LogP contribution is 2.17. The predicted molar refractivity (Wildman–Crippen MR) is 66.4 cm³/mol. The minimum absolute atomic E-state index is 0.0276. The maximum atomic E-state index is 13.0. The highest BCUT2D eigenvalue weighted by Gasteiger charge is 2.13. The van der Waals surface area contributed by atoms with Crippen LogP contribution in [0.25, 0.3) is 0 Å². The first-order chi connectivity index (χ1) is 7.54. The molecule has 0 fully saturated rings. The lowest BCUT2D eigenvalue weighted by Crippen LogP contribution is -2.33. The Bertz CT molecular complexity index is 386. The smallest absolute Gasteiger partial charge is 0.252 e. The van der Waals surface area contributed by atoms with E-state index in [4.69, 9.17) is 11.6 Å². The summed E-state index contributed by atoms with van der Waals surface area (Å²) in [7, 11) is 0. The molecule has 1 amide bonds. The van der Waals surface area contributed by atoms with Gasteiger partial charge in [-0.1, -0.05) is 0 Å². The van der Waals surface area contributed by atoms with Crippen LogP contribution in [0.2, 0.25) is 0 Å². The van der Waals surface area contributed by atoms with Crippen LogP contribution in [0.3, 0.4) is 0 Å². The second kappa shape index (κ2) is 6.21. The van der Waals surface area contributed by atoms with Gasteiger partial charge >= 0.3 is 0 Å². The van der Waals surface area contributed by atoms with Gasteiger partial charge in [-0.25, -0.2) is 4.39 Å². The standard InChI is InChI=1S/C11H12BrClFNO/c1-7(4-5-13)15-11(16)9-6-8(14)2-3-10(9)12/h2-3,6-7H,4-5H2,1H3,(H,15,16). The fraction of sp³-hybridized carbons (Fsp3) is 0.364. The van der Waals surface area contributed by atoms with E-state index in [0.717, 1.165) is 0 Å². The van der Waals surface area contributed by atoms with E-state index in [0.29, 0.717) is 22.3 Å². The zero-order chi connectivity index (χ0) is 12.1. The van der Waals surface area contributed by atoms with Gasteiger partial charge in [0, 0.05) is 16.4 Å². The van der Waals surface area contributed by atoms with Crippen LogP contribution in [-0.2, 0) is 0 Å². The topological polar surface area (TPSA) is 29.1 Å². The van der Waals surface area contributed by atoms with Gasteiger partial charge in [-0.05, 0) is 47.5 Å². The average molecular weight is 309 g/mol. The molecule has 1 N–H and O–H groups in total. The van der Waals surface area contributed by atoms with E-state index in [-0.39, 0.29) is 11.9 Å². The van der Waals surface area contributed by atoms with E-state index in [1.807, 2.05) is 6.92 Å². The molecule has 1 aromatic rings. The van der Waals surface area contributed by atoms with E-state index in [2.05, 4.69) is 21.2 Å². The third-order valence-corrected chi connectivity index (χ3v) is 3.00. The highest BCUT2D eigenvalue weighted by molar-refractivity contribution is 9.10. The summed E-state index contributed by atoms with van der Waals surface area (Å²) in [5.74, 6) is -0.256. The third-order valence-electron chi connectivity index (χ3n) is 2.09. The van der Waals surface area contributed by atoms with Gasteiger partial charge in [0.05, 0.1) is 5.56 Å². The van der Waals surface area contributed by atoms with Crippen molar-refractivity contribution in [3.8, 4) is 0 Å². The molecule has 0 bridgehead atoms. The van der Waals surface area contributed by atoms with Crippen LogP contribution in [0.1, 0.15) is 23.7 Å². The van der Waals surface area contributed by atoms with Crippen LogP contribution in [0.5, 0.6) is 0 Å². The summed E-state index contributed by atoms with van der Waals surface area (Å²) in [4.78, 5) is 11.8. The van der Waals surface area contributed by atoms with Gasteiger partial charge in [-0.2, -0.15) is 0 Å². The lowest BCUT2D eigenvalue weighted by Gasteiger charge is -2.13. The largest absolute Gasteiger partial charge is 0.350 e. The summed E-state index contributed by atoms with van der Waals surface area (Å²) < 4.78 is 13.5. The molecule has 1 atom stereocenters. The van der Waals surface area contributed by atoms with Crippen molar-refractivity contribution in [2.24, 2.45) is 0 Å². The van der Waals surface area contributed by atoms with Gasteiger partial charge in [-0.15, -0.1) is 11.6 Å². The monoisotopic (exact) mass is 307 g/mol. The Morgan fingerprint density at radius 2 is 2.31 bits per heavy atom. The number of rotatable bonds is 4. The molecule has 2 nitrogen and oxygen atoms in total. The fourth-order valence-electron chi connectivity index (χ4n) is 1.21. The van der Waals surface area contributed by atoms with Gasteiger partial charge in [0.1, 0.15) is 5.82 Å². The predicted octanol–water partition coefficient (Wildman–Crippen LogP) is 3.34. The fourth-order valence-corrected chi connectivity index (χ4v) is 1.96. The van der Waals surface area contributed by atoms with Crippen molar-refractivity contribution in [2.45, 2.75) is 19.4 Å². The van der Waals surface area contributed by atoms with Crippen molar-refractivity contribution < 1.29 is 9.18 Å². The average Bonchev–Trinajstić information content (AvgIpc) is 2.21. The summed E-state index contributed by atoms with van der Waals surface area (Å²) in [5, 5.41) is 2.75. The molecule has 5 heteroatoms. The zero-order valence-corrected chi connectivity index (χ0v) is 11.1. The molecule has 0 radical (unpaired) electrons. The molecule has 0 saturated carbocycles. The van der Waals surface area contributed by atoms with Crippen LogP contribution < -0.4 is 5.32 Å². The first-order valence-electron chi connectivity index (χ1n) is 4.86. The number of alkyl halides is 1. The first kappa shape index (κ1) is 13.5. The van der Waals surface area contributed by atoms with Gasteiger partial charge in [0.2, 0.25) is 0 Å². The van der Waals surface area contributed by atoms with Crippen molar-refractivity contribution in [1.82, 2.24) is 5.32 Å². The van der Waals surface area contributed by atoms with Crippen LogP contribution in [0.15, 0.2) is 22.7 Å². The Balaban J connectivity index is 2.76. The van der Waals surface area contributed by atoms with Crippen molar-refractivity contribution in [2.75, 3.05) is 5.88 Å². The summed E-state index contributed by atoms with van der Waals surface area (Å²) in [6.45, 7) is 1.85. The summed E-state index contributed by atoms with van der Waals surface area (Å²) >= 11 is 8.77. The Hall–Kier alpha value is -0.610. The Kier molecular flexibility index (Phi) is 5.22. The maximum absolute atomic E-state index is 13.0. The second-order valence-corrected chi connectivity index (χ2v) is 4.71. The zero-order valence-electron chi connectivity index (χ0n) is 8.77. The van der Waals surface area contributed by atoms with Crippen molar-refractivity contribution in [3.63, 3.8) is 0 Å². The summed E-state index contributed by atoms with van der Waals surface area (Å²) in [6.07, 6.45) is 0.681. The summed E-state index contributed by atoms with van der Waals surface area (Å²) in [6, 6.07) is 3.98. The molecule has 88 valence electrons. The molecule has 0 saturated heterocycles. The molecule has 16 heavy (non-hydrogen) atoms. The lowest BCUT2D eigenvalue weighted by atomic mass is 10.2. The molecular weight excluding hydrogens is 296 g/mol. The SMILES string of the molecule is CC(CCCl)NC(=O)c1cc(F)ccc1Br. The Morgan fingerprint density at radius 1 is 1.62 bits per heavy atom. The van der Waals surface area contributed by atoms with Gasteiger partial charge in [0.25, 0.3) is 5.91 Å². The molecule has 0 spiro atoms. The number of amides is 1. The van der Waals surface area contributed by atoms with Crippen LogP contribution >= 0.6 is 27.5 Å². The quantitative estimate of drug-likeness (QED) is 0.849. The minimum Gasteiger partial charge on any atom is -0.350 e. The second-order valence-electron chi connectivity index (χ2n) is 3.48. The van der Waals surface area contributed by atoms with E-state index < -0.39 is 5.82 Å². The molecule has 1 aromatic carbocycles. The molecule has 0 aliphatic carbocycles. The van der Waals surface area contributed by atoms with Crippen LogP contribution in [-0.4, -0.2) is 17.8 Å². The normalized spacial score (nSPS) is 12.2. The van der Waals surface area contributed by atoms with Crippen LogP contribution in [0.4, 0.5) is 4.39 Å². The van der Waals surface area contributed by atoms with Crippen LogP contribution in [0, 0.1) is 5.82 Å². The maximum Gasteiger partial charge on any atom is 0.252 e. The van der Waals surface area contributed by atoms with Gasteiger partial charge in [0.15, 0.2) is 0 Å². The minimum atomic E-state index is -0.432. The number of carbonyl (C=O) groups excluding carboxylic acids is 1. The number of nitrogens with one attached hydrogen (secondary N) is 1. The molecule has 1 unspecified atom stereocenters. The third kappa shape index (κ3) is 3.76. The number of benzene rings is 1. The highest BCUT2D eigenvalue weighted by atomic mass is 79.9. The molecule has 0 aliphatic rings. The molecular formula is C11H12BrClFNO. The van der Waals surface area contributed by atoms with E-state index >= 15 is 0 Å². The van der Waals surface area contributed by atoms with E-state index in [9.17, 15) is 9.18 Å². The van der Waals surface area contributed by atoms with E-state index in [1.54, 1.807) is 0 Å².